The monoisotopic (exact) mass is 276 g/mol. The molecule has 0 saturated carbocycles. The zero-order valence-electron chi connectivity index (χ0n) is 9.81. The van der Waals surface area contributed by atoms with Crippen molar-refractivity contribution in [3.05, 3.63) is 35.9 Å². The normalized spacial score (nSPS) is 13.5. The summed E-state index contributed by atoms with van der Waals surface area (Å²) in [6.07, 6.45) is -1.45. The Morgan fingerprint density at radius 2 is 1.89 bits per heavy atom. The highest BCUT2D eigenvalue weighted by Crippen LogP contribution is 2.34. The van der Waals surface area contributed by atoms with Gasteiger partial charge in [-0.05, 0) is 5.56 Å². The second-order valence-corrected chi connectivity index (χ2v) is 5.35. The topological polar surface area (TPSA) is 96.2 Å². The fourth-order valence-corrected chi connectivity index (χ4v) is 1.64. The molecule has 0 spiro atoms. The molecule has 0 aliphatic heterocycles. The maximum atomic E-state index is 10.6. The van der Waals surface area contributed by atoms with Crippen LogP contribution in [0.5, 0.6) is 0 Å². The minimum atomic E-state index is -4.21. The molecule has 0 aliphatic rings. The van der Waals surface area contributed by atoms with Crippen LogP contribution in [0.4, 0.5) is 0 Å². The summed E-state index contributed by atoms with van der Waals surface area (Å²) in [6.45, 7) is 0.0802. The second-order valence-electron chi connectivity index (χ2n) is 3.77. The van der Waals surface area contributed by atoms with Gasteiger partial charge in [0, 0.05) is 0 Å². The molecule has 18 heavy (non-hydrogen) atoms. The number of ether oxygens (including phenoxy) is 2. The average Bonchev–Trinajstić information content (AvgIpc) is 2.33. The molecule has 1 aromatic rings. The van der Waals surface area contributed by atoms with E-state index < -0.39 is 20.0 Å². The average molecular weight is 276 g/mol. The molecular formula is C11H17O6P. The Morgan fingerprint density at radius 1 is 1.22 bits per heavy atom. The lowest BCUT2D eigenvalue weighted by atomic mass is 10.2. The lowest BCUT2D eigenvalue weighted by Crippen LogP contribution is -2.24. The lowest BCUT2D eigenvalue weighted by molar-refractivity contribution is -0.0351. The van der Waals surface area contributed by atoms with Crippen LogP contribution < -0.4 is 0 Å². The smallest absolute Gasteiger partial charge is 0.350 e. The van der Waals surface area contributed by atoms with Gasteiger partial charge in [-0.25, -0.2) is 0 Å². The third kappa shape index (κ3) is 6.86. The van der Waals surface area contributed by atoms with Crippen LogP contribution in [-0.4, -0.2) is 40.6 Å². The molecular weight excluding hydrogens is 259 g/mol. The van der Waals surface area contributed by atoms with Crippen LogP contribution >= 0.6 is 7.60 Å². The first kappa shape index (κ1) is 15.3. The van der Waals surface area contributed by atoms with E-state index in [1.165, 1.54) is 0 Å². The predicted octanol–water partition coefficient (Wildman–Crippen LogP) is 0.716. The van der Waals surface area contributed by atoms with Crippen LogP contribution in [0.2, 0.25) is 0 Å². The van der Waals surface area contributed by atoms with Crippen LogP contribution in [0.3, 0.4) is 0 Å². The van der Waals surface area contributed by atoms with Crippen molar-refractivity contribution in [3.8, 4) is 0 Å². The molecule has 1 atom stereocenters. The van der Waals surface area contributed by atoms with Crippen molar-refractivity contribution < 1.29 is 28.9 Å². The van der Waals surface area contributed by atoms with Gasteiger partial charge in [0.15, 0.2) is 0 Å². The molecule has 3 N–H and O–H groups in total. The van der Waals surface area contributed by atoms with E-state index in [4.69, 9.17) is 24.4 Å². The third-order valence-electron chi connectivity index (χ3n) is 2.10. The molecule has 0 aromatic heterocycles. The van der Waals surface area contributed by atoms with Crippen LogP contribution in [0, 0.1) is 0 Å². The van der Waals surface area contributed by atoms with Crippen LogP contribution in [-0.2, 0) is 20.6 Å². The molecule has 0 unspecified atom stereocenters. The summed E-state index contributed by atoms with van der Waals surface area (Å²) in [5.41, 5.74) is 0.976. The summed E-state index contributed by atoms with van der Waals surface area (Å²) in [6, 6.07) is 9.44. The summed E-state index contributed by atoms with van der Waals surface area (Å²) >= 11 is 0. The summed E-state index contributed by atoms with van der Waals surface area (Å²) in [5, 5.41) is 8.96. The van der Waals surface area contributed by atoms with Crippen molar-refractivity contribution in [3.63, 3.8) is 0 Å². The summed E-state index contributed by atoms with van der Waals surface area (Å²) in [7, 11) is -4.21. The Labute approximate surface area is 105 Å². The van der Waals surface area contributed by atoms with E-state index in [9.17, 15) is 4.57 Å². The molecule has 1 rings (SSSR count). The summed E-state index contributed by atoms with van der Waals surface area (Å²) in [4.78, 5) is 17.3. The van der Waals surface area contributed by atoms with Crippen molar-refractivity contribution in [1.82, 2.24) is 0 Å². The molecule has 0 fully saturated rings. The van der Waals surface area contributed by atoms with Gasteiger partial charge in [0.1, 0.15) is 12.5 Å². The van der Waals surface area contributed by atoms with Crippen LogP contribution in [0.25, 0.3) is 0 Å². The lowest BCUT2D eigenvalue weighted by Gasteiger charge is -2.16. The van der Waals surface area contributed by atoms with Gasteiger partial charge in [0.2, 0.25) is 0 Å². The number of aliphatic hydroxyl groups excluding tert-OH is 1. The number of benzene rings is 1. The number of hydrogen-bond donors (Lipinski definition) is 3. The Hall–Kier alpha value is -0.750. The van der Waals surface area contributed by atoms with Crippen LogP contribution in [0.1, 0.15) is 5.56 Å². The van der Waals surface area contributed by atoms with Gasteiger partial charge in [-0.1, -0.05) is 30.3 Å². The molecule has 7 heteroatoms. The van der Waals surface area contributed by atoms with Gasteiger partial charge in [-0.2, -0.15) is 0 Å². The maximum absolute atomic E-state index is 10.6. The van der Waals surface area contributed by atoms with E-state index >= 15 is 0 Å². The van der Waals surface area contributed by atoms with Crippen molar-refractivity contribution in [2.75, 3.05) is 19.6 Å². The Morgan fingerprint density at radius 3 is 2.44 bits per heavy atom. The van der Waals surface area contributed by atoms with Gasteiger partial charge in [0.25, 0.3) is 0 Å². The van der Waals surface area contributed by atoms with Gasteiger partial charge >= 0.3 is 7.60 Å². The molecule has 0 radical (unpaired) electrons. The van der Waals surface area contributed by atoms with Gasteiger partial charge in [-0.3, -0.25) is 4.57 Å². The van der Waals surface area contributed by atoms with Crippen molar-refractivity contribution in [1.29, 1.82) is 0 Å². The van der Waals surface area contributed by atoms with Gasteiger partial charge < -0.3 is 24.4 Å². The first-order valence-electron chi connectivity index (χ1n) is 5.40. The Bertz CT molecular complexity index is 376. The molecule has 0 aliphatic carbocycles. The zero-order chi connectivity index (χ0) is 13.4. The second kappa shape index (κ2) is 7.63. The highest BCUT2D eigenvalue weighted by atomic mass is 31.2. The van der Waals surface area contributed by atoms with E-state index in [2.05, 4.69) is 0 Å². The van der Waals surface area contributed by atoms with E-state index in [-0.39, 0.29) is 13.2 Å². The Balaban J connectivity index is 2.25. The van der Waals surface area contributed by atoms with E-state index in [1.54, 1.807) is 0 Å². The molecule has 0 amide bonds. The molecule has 0 saturated heterocycles. The van der Waals surface area contributed by atoms with E-state index in [0.717, 1.165) is 5.56 Å². The van der Waals surface area contributed by atoms with Crippen molar-refractivity contribution in [2.24, 2.45) is 0 Å². The fourth-order valence-electron chi connectivity index (χ4n) is 1.24. The number of hydrogen-bond acceptors (Lipinski definition) is 4. The minimum absolute atomic E-state index is 0.0748. The van der Waals surface area contributed by atoms with E-state index in [1.807, 2.05) is 30.3 Å². The quantitative estimate of drug-likeness (QED) is 0.605. The molecule has 0 bridgehead atoms. The zero-order valence-corrected chi connectivity index (χ0v) is 10.7. The van der Waals surface area contributed by atoms with E-state index in [0.29, 0.717) is 6.61 Å². The summed E-state index contributed by atoms with van der Waals surface area (Å²) < 4.78 is 20.7. The predicted molar refractivity (Wildman–Crippen MR) is 65.0 cm³/mol. The summed E-state index contributed by atoms with van der Waals surface area (Å²) in [5.74, 6) is 0. The molecule has 0 heterocycles. The third-order valence-corrected chi connectivity index (χ3v) is 2.58. The molecule has 102 valence electrons. The van der Waals surface area contributed by atoms with Crippen molar-refractivity contribution in [2.45, 2.75) is 12.7 Å². The molecule has 6 nitrogen and oxygen atoms in total. The number of aliphatic hydroxyl groups is 1. The number of rotatable bonds is 8. The fraction of sp³-hybridized carbons (Fsp3) is 0.455. The SMILES string of the molecule is O=P(O)(O)CO[C@H](CO)COCc1ccccc1. The van der Waals surface area contributed by atoms with Gasteiger partial charge in [0.05, 0.1) is 19.8 Å². The highest BCUT2D eigenvalue weighted by molar-refractivity contribution is 7.51. The van der Waals surface area contributed by atoms with Gasteiger partial charge in [-0.15, -0.1) is 0 Å². The molecule has 1 aromatic carbocycles. The minimum Gasteiger partial charge on any atom is -0.394 e. The largest absolute Gasteiger partial charge is 0.394 e. The first-order chi connectivity index (χ1) is 8.51. The van der Waals surface area contributed by atoms with Crippen molar-refractivity contribution >= 4 is 7.60 Å². The maximum Gasteiger partial charge on any atom is 0.350 e. The standard InChI is InChI=1S/C11H17O6P/c12-6-11(17-9-18(13,14)15)8-16-7-10-4-2-1-3-5-10/h1-5,11-12H,6-9H2,(H2,13,14,15)/t11-/m1/s1. The first-order valence-corrected chi connectivity index (χ1v) is 7.20. The highest BCUT2D eigenvalue weighted by Gasteiger charge is 2.17. The Kier molecular flexibility index (Phi) is 6.49. The van der Waals surface area contributed by atoms with Crippen LogP contribution in [0.15, 0.2) is 30.3 Å².